The molecule has 3 aromatic rings. The van der Waals surface area contributed by atoms with Crippen molar-refractivity contribution in [2.45, 2.75) is 57.9 Å². The zero-order chi connectivity index (χ0) is 28.3. The van der Waals surface area contributed by atoms with Crippen LogP contribution in [0.15, 0.2) is 65.6 Å². The number of aryl methyl sites for hydroxylation is 2. The van der Waals surface area contributed by atoms with E-state index in [0.717, 1.165) is 21.0 Å². The molecule has 0 saturated heterocycles. The molecule has 0 fully saturated rings. The van der Waals surface area contributed by atoms with E-state index in [2.05, 4.69) is 38.2 Å². The molecule has 204 valence electrons. The van der Waals surface area contributed by atoms with Crippen molar-refractivity contribution in [1.82, 2.24) is 5.32 Å². The highest BCUT2D eigenvalue weighted by atomic mass is 32.2. The van der Waals surface area contributed by atoms with E-state index in [9.17, 15) is 13.2 Å². The van der Waals surface area contributed by atoms with Gasteiger partial charge in [-0.25, -0.2) is 8.42 Å². The molecule has 8 heteroatoms. The maximum Gasteiger partial charge on any atom is 0.264 e. The molecule has 1 unspecified atom stereocenters. The average Bonchev–Trinajstić information content (AvgIpc) is 2.85. The molecule has 0 radical (unpaired) electrons. The first-order valence-corrected chi connectivity index (χ1v) is 13.9. The van der Waals surface area contributed by atoms with Crippen molar-refractivity contribution in [3.05, 3.63) is 82.9 Å². The molecule has 0 saturated carbocycles. The minimum absolute atomic E-state index is 0.00655. The van der Waals surface area contributed by atoms with Crippen molar-refractivity contribution in [1.29, 1.82) is 0 Å². The molecule has 0 aliphatic carbocycles. The van der Waals surface area contributed by atoms with E-state index in [1.54, 1.807) is 12.1 Å². The van der Waals surface area contributed by atoms with Crippen molar-refractivity contribution in [2.75, 3.05) is 25.1 Å². The lowest BCUT2D eigenvalue weighted by molar-refractivity contribution is -0.120. The van der Waals surface area contributed by atoms with Gasteiger partial charge < -0.3 is 14.8 Å². The number of carbonyl (C=O) groups excluding carboxylic acids is 1. The topological polar surface area (TPSA) is 84.9 Å². The Hall–Kier alpha value is -3.52. The van der Waals surface area contributed by atoms with Gasteiger partial charge >= 0.3 is 0 Å². The fourth-order valence-corrected chi connectivity index (χ4v) is 5.71. The van der Waals surface area contributed by atoms with Gasteiger partial charge in [0.15, 0.2) is 11.5 Å². The van der Waals surface area contributed by atoms with Crippen LogP contribution in [0.2, 0.25) is 0 Å². The summed E-state index contributed by atoms with van der Waals surface area (Å²) in [6.45, 7) is 11.7. The van der Waals surface area contributed by atoms with Crippen molar-refractivity contribution in [2.24, 2.45) is 0 Å². The van der Waals surface area contributed by atoms with Gasteiger partial charge in [-0.05, 0) is 72.7 Å². The van der Waals surface area contributed by atoms with Gasteiger partial charge in [0.2, 0.25) is 5.91 Å². The number of methoxy groups -OCH3 is 2. The Labute approximate surface area is 226 Å². The fraction of sp³-hybridized carbons (Fsp3) is 0.367. The summed E-state index contributed by atoms with van der Waals surface area (Å²) in [6, 6.07) is 17.7. The third-order valence-corrected chi connectivity index (χ3v) is 8.15. The van der Waals surface area contributed by atoms with Crippen LogP contribution in [0.25, 0.3) is 0 Å². The molecule has 0 bridgehead atoms. The lowest BCUT2D eigenvalue weighted by atomic mass is 9.86. The Morgan fingerprint density at radius 2 is 1.47 bits per heavy atom. The van der Waals surface area contributed by atoms with Gasteiger partial charge in [-0.15, -0.1) is 0 Å². The molecule has 0 aromatic heterocycles. The molecule has 3 aromatic carbocycles. The Morgan fingerprint density at radius 3 is 2.00 bits per heavy atom. The largest absolute Gasteiger partial charge is 0.493 e. The summed E-state index contributed by atoms with van der Waals surface area (Å²) in [6.07, 6.45) is 0. The number of amides is 1. The SMILES string of the molecule is COc1ccc(S(=O)(=O)N(CC(=O)NC(C)c2ccc(C(C)(C)C)cc2)c2cc(C)cc(C)c2)cc1OC. The molecule has 1 N–H and O–H groups in total. The van der Waals surface area contributed by atoms with Gasteiger partial charge in [0, 0.05) is 6.07 Å². The molecular formula is C30H38N2O5S. The van der Waals surface area contributed by atoms with E-state index in [0.29, 0.717) is 11.4 Å². The standard InChI is InChI=1S/C30H38N2O5S/c1-20-15-21(2)17-25(16-20)32(38(34,35)26-13-14-27(36-7)28(18-26)37-8)19-29(33)31-22(3)23-9-11-24(12-10-23)30(4,5)6/h9-18,22H,19H2,1-8H3,(H,31,33). The van der Waals surface area contributed by atoms with Crippen molar-refractivity contribution >= 4 is 21.6 Å². The predicted octanol–water partition coefficient (Wildman–Crippen LogP) is 5.69. The number of rotatable bonds is 9. The Bertz CT molecular complexity index is 1370. The highest BCUT2D eigenvalue weighted by Crippen LogP contribution is 2.33. The van der Waals surface area contributed by atoms with Gasteiger partial charge in [-0.1, -0.05) is 51.1 Å². The minimum Gasteiger partial charge on any atom is -0.493 e. The number of benzene rings is 3. The van der Waals surface area contributed by atoms with E-state index >= 15 is 0 Å². The van der Waals surface area contributed by atoms with Crippen LogP contribution in [0.4, 0.5) is 5.69 Å². The number of carbonyl (C=O) groups is 1. The Kier molecular flexibility index (Phi) is 8.77. The normalized spacial score (nSPS) is 12.5. The Morgan fingerprint density at radius 1 is 0.895 bits per heavy atom. The van der Waals surface area contributed by atoms with Crippen LogP contribution in [0.1, 0.15) is 56.0 Å². The van der Waals surface area contributed by atoms with Crippen LogP contribution >= 0.6 is 0 Å². The average molecular weight is 539 g/mol. The van der Waals surface area contributed by atoms with Crippen LogP contribution in [0.5, 0.6) is 11.5 Å². The molecule has 1 atom stereocenters. The molecule has 0 heterocycles. The summed E-state index contributed by atoms with van der Waals surface area (Å²) < 4.78 is 39.5. The molecular weight excluding hydrogens is 500 g/mol. The predicted molar refractivity (Wildman–Crippen MR) is 152 cm³/mol. The molecule has 3 rings (SSSR count). The van der Waals surface area contributed by atoms with Crippen molar-refractivity contribution in [3.63, 3.8) is 0 Å². The van der Waals surface area contributed by atoms with Crippen molar-refractivity contribution in [3.8, 4) is 11.5 Å². The first kappa shape index (κ1) is 29.0. The van der Waals surface area contributed by atoms with E-state index < -0.39 is 15.9 Å². The molecule has 0 aliphatic rings. The zero-order valence-electron chi connectivity index (χ0n) is 23.5. The third kappa shape index (κ3) is 6.67. The number of nitrogens with zero attached hydrogens (tertiary/aromatic N) is 1. The van der Waals surface area contributed by atoms with E-state index in [1.807, 2.05) is 39.0 Å². The molecule has 7 nitrogen and oxygen atoms in total. The first-order chi connectivity index (χ1) is 17.8. The number of hydrogen-bond acceptors (Lipinski definition) is 5. The fourth-order valence-electron chi connectivity index (χ4n) is 4.29. The Balaban J connectivity index is 1.94. The number of hydrogen-bond donors (Lipinski definition) is 1. The smallest absolute Gasteiger partial charge is 0.264 e. The van der Waals surface area contributed by atoms with Gasteiger partial charge in [-0.2, -0.15) is 0 Å². The lowest BCUT2D eigenvalue weighted by Gasteiger charge is -2.26. The van der Waals surface area contributed by atoms with Crippen LogP contribution in [-0.2, 0) is 20.2 Å². The summed E-state index contributed by atoms with van der Waals surface area (Å²) in [5.74, 6) is 0.278. The van der Waals surface area contributed by atoms with Gasteiger partial charge in [0.05, 0.1) is 30.8 Å². The third-order valence-electron chi connectivity index (χ3n) is 6.38. The maximum absolute atomic E-state index is 13.9. The second kappa shape index (κ2) is 11.5. The quantitative estimate of drug-likeness (QED) is 0.378. The number of sulfonamides is 1. The monoisotopic (exact) mass is 538 g/mol. The lowest BCUT2D eigenvalue weighted by Crippen LogP contribution is -2.41. The second-order valence-corrected chi connectivity index (χ2v) is 12.4. The molecule has 0 spiro atoms. The number of ether oxygens (including phenoxy) is 2. The highest BCUT2D eigenvalue weighted by Gasteiger charge is 2.29. The second-order valence-electron chi connectivity index (χ2n) is 10.5. The minimum atomic E-state index is -4.13. The number of anilines is 1. The zero-order valence-corrected chi connectivity index (χ0v) is 24.3. The first-order valence-electron chi connectivity index (χ1n) is 12.5. The molecule has 0 aliphatic heterocycles. The summed E-state index contributed by atoms with van der Waals surface area (Å²) in [7, 11) is -1.20. The maximum atomic E-state index is 13.9. The summed E-state index contributed by atoms with van der Waals surface area (Å²) in [5, 5.41) is 2.96. The van der Waals surface area contributed by atoms with Crippen molar-refractivity contribution < 1.29 is 22.7 Å². The van der Waals surface area contributed by atoms with Gasteiger partial charge in [0.1, 0.15) is 6.54 Å². The van der Waals surface area contributed by atoms with Gasteiger partial charge in [-0.3, -0.25) is 9.10 Å². The molecule has 38 heavy (non-hydrogen) atoms. The van der Waals surface area contributed by atoms with E-state index in [-0.39, 0.29) is 28.6 Å². The summed E-state index contributed by atoms with van der Waals surface area (Å²) >= 11 is 0. The van der Waals surface area contributed by atoms with Crippen LogP contribution in [-0.4, -0.2) is 35.1 Å². The van der Waals surface area contributed by atoms with E-state index in [4.69, 9.17) is 9.47 Å². The number of nitrogens with one attached hydrogen (secondary N) is 1. The molecule has 1 amide bonds. The van der Waals surface area contributed by atoms with Crippen LogP contribution < -0.4 is 19.1 Å². The summed E-state index contributed by atoms with van der Waals surface area (Å²) in [4.78, 5) is 13.2. The van der Waals surface area contributed by atoms with E-state index in [1.165, 1.54) is 38.0 Å². The highest BCUT2D eigenvalue weighted by molar-refractivity contribution is 7.92. The summed E-state index contributed by atoms with van der Waals surface area (Å²) in [5.41, 5.74) is 4.35. The van der Waals surface area contributed by atoms with Crippen LogP contribution in [0, 0.1) is 13.8 Å². The van der Waals surface area contributed by atoms with Crippen LogP contribution in [0.3, 0.4) is 0 Å². The van der Waals surface area contributed by atoms with Gasteiger partial charge in [0.25, 0.3) is 10.0 Å².